The molecule has 1 aliphatic heterocycles. The summed E-state index contributed by atoms with van der Waals surface area (Å²) in [6.45, 7) is 2.37. The van der Waals surface area contributed by atoms with Gasteiger partial charge in [0.15, 0.2) is 0 Å². The van der Waals surface area contributed by atoms with E-state index in [1.54, 1.807) is 11.1 Å². The van der Waals surface area contributed by atoms with Gasteiger partial charge in [0.05, 0.1) is 11.9 Å². The van der Waals surface area contributed by atoms with E-state index < -0.39 is 6.04 Å². The molecule has 118 valence electrons. The summed E-state index contributed by atoms with van der Waals surface area (Å²) in [6.07, 6.45) is 4.48. The number of anilines is 1. The third-order valence-corrected chi connectivity index (χ3v) is 3.86. The number of aromatic nitrogens is 2. The molecule has 1 aromatic heterocycles. The monoisotopic (exact) mass is 310 g/mol. The summed E-state index contributed by atoms with van der Waals surface area (Å²) in [7, 11) is 0. The topological polar surface area (TPSA) is 75.2 Å². The fourth-order valence-corrected chi connectivity index (χ4v) is 2.68. The van der Waals surface area contributed by atoms with Gasteiger partial charge in [-0.2, -0.15) is 0 Å². The highest BCUT2D eigenvalue weighted by atomic mass is 16.2. The molecule has 1 atom stereocenters. The molecule has 3 rings (SSSR count). The summed E-state index contributed by atoms with van der Waals surface area (Å²) in [5.41, 5.74) is 1.75. The largest absolute Gasteiger partial charge is 0.325 e. The van der Waals surface area contributed by atoms with Crippen LogP contribution in [0.2, 0.25) is 0 Å². The van der Waals surface area contributed by atoms with Crippen molar-refractivity contribution >= 4 is 17.5 Å². The fraction of sp³-hybridized carbons (Fsp3) is 0.294. The predicted octanol–water partition coefficient (Wildman–Crippen LogP) is 2.03. The van der Waals surface area contributed by atoms with Gasteiger partial charge in [-0.05, 0) is 31.9 Å². The maximum atomic E-state index is 12.6. The second kappa shape index (κ2) is 6.56. The number of carbonyl (C=O) groups is 2. The molecule has 0 saturated carbocycles. The molecule has 2 aromatic rings. The Labute approximate surface area is 134 Å². The molecule has 6 nitrogen and oxygen atoms in total. The Bertz CT molecular complexity index is 700. The molecular weight excluding hydrogens is 292 g/mol. The van der Waals surface area contributed by atoms with Gasteiger partial charge in [0.25, 0.3) is 5.91 Å². The first kappa shape index (κ1) is 15.1. The lowest BCUT2D eigenvalue weighted by Gasteiger charge is -2.23. The van der Waals surface area contributed by atoms with E-state index in [-0.39, 0.29) is 17.5 Å². The van der Waals surface area contributed by atoms with Crippen molar-refractivity contribution in [1.29, 1.82) is 0 Å². The number of nitrogens with one attached hydrogen (secondary N) is 1. The summed E-state index contributed by atoms with van der Waals surface area (Å²) in [5.74, 6) is -0.412. The minimum absolute atomic E-state index is 0.165. The maximum Gasteiger partial charge on any atom is 0.274 e. The quantitative estimate of drug-likeness (QED) is 0.941. The second-order valence-corrected chi connectivity index (χ2v) is 5.55. The molecule has 0 bridgehead atoms. The molecular formula is C17H18N4O2. The summed E-state index contributed by atoms with van der Waals surface area (Å²) in [5, 5.41) is 2.86. The lowest BCUT2D eigenvalue weighted by molar-refractivity contribution is -0.119. The van der Waals surface area contributed by atoms with Crippen molar-refractivity contribution < 1.29 is 9.59 Å². The minimum atomic E-state index is -0.467. The van der Waals surface area contributed by atoms with Crippen LogP contribution in [0.15, 0.2) is 42.7 Å². The lowest BCUT2D eigenvalue weighted by Crippen LogP contribution is -2.43. The van der Waals surface area contributed by atoms with E-state index >= 15 is 0 Å². The zero-order valence-corrected chi connectivity index (χ0v) is 12.9. The Hall–Kier alpha value is -2.76. The molecule has 0 radical (unpaired) electrons. The first-order valence-electron chi connectivity index (χ1n) is 7.60. The first-order chi connectivity index (χ1) is 11.1. The molecule has 2 heterocycles. The highest BCUT2D eigenvalue weighted by molar-refractivity contribution is 6.00. The number of nitrogens with zero attached hydrogens (tertiary/aromatic N) is 3. The van der Waals surface area contributed by atoms with E-state index in [0.29, 0.717) is 13.0 Å². The molecule has 1 fully saturated rings. The van der Waals surface area contributed by atoms with Crippen LogP contribution in [0.3, 0.4) is 0 Å². The van der Waals surface area contributed by atoms with Gasteiger partial charge in [0.2, 0.25) is 5.91 Å². The average molecular weight is 310 g/mol. The van der Waals surface area contributed by atoms with Crippen LogP contribution >= 0.6 is 0 Å². The number of aryl methyl sites for hydroxylation is 1. The SMILES string of the molecule is Cc1cnc(C(=O)N2CCC[C@H]2C(=O)Nc2ccccc2)cn1. The highest BCUT2D eigenvalue weighted by Crippen LogP contribution is 2.21. The van der Waals surface area contributed by atoms with Crippen LogP contribution in [0.4, 0.5) is 5.69 Å². The van der Waals surface area contributed by atoms with Crippen LogP contribution in [-0.2, 0) is 4.79 Å². The smallest absolute Gasteiger partial charge is 0.274 e. The third-order valence-electron chi connectivity index (χ3n) is 3.86. The van der Waals surface area contributed by atoms with E-state index in [0.717, 1.165) is 17.8 Å². The van der Waals surface area contributed by atoms with Crippen LogP contribution in [0.25, 0.3) is 0 Å². The zero-order valence-electron chi connectivity index (χ0n) is 12.9. The van der Waals surface area contributed by atoms with Crippen molar-refractivity contribution in [2.45, 2.75) is 25.8 Å². The molecule has 1 aromatic carbocycles. The Kier molecular flexibility index (Phi) is 4.32. The fourth-order valence-electron chi connectivity index (χ4n) is 2.68. The Morgan fingerprint density at radius 3 is 2.65 bits per heavy atom. The number of para-hydroxylation sites is 1. The molecule has 0 unspecified atom stereocenters. The van der Waals surface area contributed by atoms with Crippen LogP contribution < -0.4 is 5.32 Å². The Morgan fingerprint density at radius 2 is 1.96 bits per heavy atom. The summed E-state index contributed by atoms with van der Waals surface area (Å²) < 4.78 is 0. The van der Waals surface area contributed by atoms with Crippen LogP contribution in [0.5, 0.6) is 0 Å². The normalized spacial score (nSPS) is 17.1. The standard InChI is InChI=1S/C17H18N4O2/c1-12-10-19-14(11-18-12)17(23)21-9-5-8-15(21)16(22)20-13-6-3-2-4-7-13/h2-4,6-7,10-11,15H,5,8-9H2,1H3,(H,20,22)/t15-/m0/s1. The third kappa shape index (κ3) is 3.36. The van der Waals surface area contributed by atoms with Gasteiger partial charge in [0, 0.05) is 18.4 Å². The van der Waals surface area contributed by atoms with Crippen LogP contribution in [0, 0.1) is 6.92 Å². The van der Waals surface area contributed by atoms with E-state index in [1.165, 1.54) is 6.20 Å². The number of carbonyl (C=O) groups excluding carboxylic acids is 2. The molecule has 0 aliphatic carbocycles. The first-order valence-corrected chi connectivity index (χ1v) is 7.60. The van der Waals surface area contributed by atoms with Gasteiger partial charge < -0.3 is 10.2 Å². The number of benzene rings is 1. The van der Waals surface area contributed by atoms with Crippen molar-refractivity contribution in [3.63, 3.8) is 0 Å². The number of hydrogen-bond donors (Lipinski definition) is 1. The van der Waals surface area contributed by atoms with Gasteiger partial charge in [-0.15, -0.1) is 0 Å². The average Bonchev–Trinajstić information content (AvgIpc) is 3.05. The molecule has 23 heavy (non-hydrogen) atoms. The number of rotatable bonds is 3. The molecule has 0 spiro atoms. The zero-order chi connectivity index (χ0) is 16.2. The molecule has 2 amide bonds. The molecule has 1 aliphatic rings. The maximum absolute atomic E-state index is 12.6. The van der Waals surface area contributed by atoms with Gasteiger partial charge in [-0.25, -0.2) is 4.98 Å². The Morgan fingerprint density at radius 1 is 1.17 bits per heavy atom. The van der Waals surface area contributed by atoms with Crippen molar-refractivity contribution in [3.8, 4) is 0 Å². The minimum Gasteiger partial charge on any atom is -0.325 e. The predicted molar refractivity (Wildman–Crippen MR) is 85.9 cm³/mol. The van der Waals surface area contributed by atoms with Gasteiger partial charge >= 0.3 is 0 Å². The van der Waals surface area contributed by atoms with E-state index in [2.05, 4.69) is 15.3 Å². The van der Waals surface area contributed by atoms with Crippen LogP contribution in [-0.4, -0.2) is 39.3 Å². The Balaban J connectivity index is 1.73. The molecule has 1 saturated heterocycles. The van der Waals surface area contributed by atoms with Gasteiger partial charge in [-0.1, -0.05) is 18.2 Å². The van der Waals surface area contributed by atoms with E-state index in [1.807, 2.05) is 37.3 Å². The van der Waals surface area contributed by atoms with Crippen molar-refractivity contribution in [2.24, 2.45) is 0 Å². The lowest BCUT2D eigenvalue weighted by atomic mass is 10.2. The van der Waals surface area contributed by atoms with E-state index in [9.17, 15) is 9.59 Å². The summed E-state index contributed by atoms with van der Waals surface area (Å²) >= 11 is 0. The number of likely N-dealkylation sites (tertiary alicyclic amines) is 1. The van der Waals surface area contributed by atoms with Crippen molar-refractivity contribution in [2.75, 3.05) is 11.9 Å². The van der Waals surface area contributed by atoms with Crippen molar-refractivity contribution in [1.82, 2.24) is 14.9 Å². The molecule has 6 heteroatoms. The highest BCUT2D eigenvalue weighted by Gasteiger charge is 2.35. The number of amides is 2. The summed E-state index contributed by atoms with van der Waals surface area (Å²) in [4.78, 5) is 34.8. The van der Waals surface area contributed by atoms with E-state index in [4.69, 9.17) is 0 Å². The van der Waals surface area contributed by atoms with Gasteiger partial charge in [-0.3, -0.25) is 14.6 Å². The second-order valence-electron chi connectivity index (χ2n) is 5.55. The molecule has 1 N–H and O–H groups in total. The van der Waals surface area contributed by atoms with Crippen LogP contribution in [0.1, 0.15) is 29.0 Å². The number of hydrogen-bond acceptors (Lipinski definition) is 4. The van der Waals surface area contributed by atoms with Gasteiger partial charge in [0.1, 0.15) is 11.7 Å². The van der Waals surface area contributed by atoms with Crippen molar-refractivity contribution in [3.05, 3.63) is 54.1 Å². The summed E-state index contributed by atoms with van der Waals surface area (Å²) in [6, 6.07) is 8.78.